The highest BCUT2D eigenvalue weighted by molar-refractivity contribution is 7.07. The zero-order valence-electron chi connectivity index (χ0n) is 13.5. The van der Waals surface area contributed by atoms with Crippen molar-refractivity contribution in [3.8, 4) is 0 Å². The van der Waals surface area contributed by atoms with Crippen molar-refractivity contribution in [2.75, 3.05) is 18.9 Å². The van der Waals surface area contributed by atoms with Gasteiger partial charge in [-0.1, -0.05) is 25.1 Å². The molecule has 1 heterocycles. The predicted octanol–water partition coefficient (Wildman–Crippen LogP) is 3.34. The first-order valence-electron chi connectivity index (χ1n) is 7.73. The minimum absolute atomic E-state index is 0.0184. The summed E-state index contributed by atoms with van der Waals surface area (Å²) in [6, 6.07) is 9.74. The molecule has 1 aromatic carbocycles. The van der Waals surface area contributed by atoms with Gasteiger partial charge in [0.15, 0.2) is 0 Å². The third-order valence-corrected chi connectivity index (χ3v) is 4.42. The molecule has 0 bridgehead atoms. The van der Waals surface area contributed by atoms with Gasteiger partial charge in [-0.15, -0.1) is 0 Å². The van der Waals surface area contributed by atoms with Crippen LogP contribution in [0.15, 0.2) is 41.1 Å². The molecule has 2 rings (SSSR count). The summed E-state index contributed by atoms with van der Waals surface area (Å²) < 4.78 is 0. The lowest BCUT2D eigenvalue weighted by Crippen LogP contribution is -2.35. The first-order chi connectivity index (χ1) is 11.1. The Morgan fingerprint density at radius 2 is 2.00 bits per heavy atom. The molecule has 2 amide bonds. The maximum atomic E-state index is 12.1. The van der Waals surface area contributed by atoms with E-state index in [1.807, 2.05) is 48.0 Å². The number of benzene rings is 1. The molecular weight excluding hydrogens is 308 g/mol. The molecule has 0 radical (unpaired) electrons. The van der Waals surface area contributed by atoms with Crippen LogP contribution in [0.3, 0.4) is 0 Å². The van der Waals surface area contributed by atoms with Crippen molar-refractivity contribution in [3.63, 3.8) is 0 Å². The van der Waals surface area contributed by atoms with Crippen LogP contribution in [0.1, 0.15) is 24.5 Å². The lowest BCUT2D eigenvalue weighted by molar-refractivity contribution is -0.133. The van der Waals surface area contributed by atoms with Gasteiger partial charge in [0, 0.05) is 19.2 Å². The van der Waals surface area contributed by atoms with Gasteiger partial charge < -0.3 is 10.2 Å². The van der Waals surface area contributed by atoms with E-state index in [9.17, 15) is 9.59 Å². The van der Waals surface area contributed by atoms with Crippen molar-refractivity contribution in [2.24, 2.45) is 0 Å². The Balaban J connectivity index is 1.82. The van der Waals surface area contributed by atoms with E-state index in [4.69, 9.17) is 0 Å². The molecule has 1 aromatic heterocycles. The molecule has 4 nitrogen and oxygen atoms in total. The Bertz CT molecular complexity index is 653. The maximum Gasteiger partial charge on any atom is 0.243 e. The van der Waals surface area contributed by atoms with Crippen LogP contribution in [-0.4, -0.2) is 30.3 Å². The molecule has 0 aliphatic carbocycles. The fourth-order valence-electron chi connectivity index (χ4n) is 2.32. The Labute approximate surface area is 141 Å². The Hall–Kier alpha value is -2.14. The van der Waals surface area contributed by atoms with Crippen LogP contribution in [0.5, 0.6) is 0 Å². The molecule has 0 fully saturated rings. The van der Waals surface area contributed by atoms with Crippen LogP contribution < -0.4 is 5.32 Å². The van der Waals surface area contributed by atoms with Gasteiger partial charge in [0.1, 0.15) is 0 Å². The minimum atomic E-state index is -0.169. The monoisotopic (exact) mass is 330 g/mol. The van der Waals surface area contributed by atoms with Crippen molar-refractivity contribution in [3.05, 3.63) is 52.2 Å². The number of carbonyl (C=O) groups excluding carboxylic acids is 2. The average Bonchev–Trinajstić information content (AvgIpc) is 3.06. The summed E-state index contributed by atoms with van der Waals surface area (Å²) in [4.78, 5) is 25.7. The maximum absolute atomic E-state index is 12.1. The van der Waals surface area contributed by atoms with Crippen LogP contribution in [0, 0.1) is 0 Å². The van der Waals surface area contributed by atoms with Gasteiger partial charge in [0.05, 0.1) is 6.54 Å². The number of thiophene rings is 1. The van der Waals surface area contributed by atoms with E-state index in [2.05, 4.69) is 5.32 Å². The van der Waals surface area contributed by atoms with Crippen LogP contribution in [0.25, 0.3) is 0 Å². The highest BCUT2D eigenvalue weighted by Gasteiger charge is 2.14. The number of amides is 2. The van der Waals surface area contributed by atoms with Gasteiger partial charge in [-0.05, 0) is 46.9 Å². The molecular formula is C18H22N2O2S. The third-order valence-electron chi connectivity index (χ3n) is 3.69. The molecule has 0 unspecified atom stereocenters. The Morgan fingerprint density at radius 3 is 2.70 bits per heavy atom. The first-order valence-corrected chi connectivity index (χ1v) is 8.67. The molecule has 0 aliphatic rings. The molecule has 122 valence electrons. The molecule has 5 heteroatoms. The summed E-state index contributed by atoms with van der Waals surface area (Å²) in [5.41, 5.74) is 3.07. The van der Waals surface area contributed by atoms with E-state index in [0.717, 1.165) is 23.2 Å². The summed E-state index contributed by atoms with van der Waals surface area (Å²) in [6.45, 7) is 2.12. The van der Waals surface area contributed by atoms with E-state index < -0.39 is 0 Å². The van der Waals surface area contributed by atoms with E-state index in [-0.39, 0.29) is 18.4 Å². The van der Waals surface area contributed by atoms with Gasteiger partial charge in [-0.2, -0.15) is 11.3 Å². The largest absolute Gasteiger partial charge is 0.336 e. The van der Waals surface area contributed by atoms with Crippen LogP contribution >= 0.6 is 11.3 Å². The van der Waals surface area contributed by atoms with Crippen LogP contribution in [0.4, 0.5) is 5.69 Å². The van der Waals surface area contributed by atoms with Crippen molar-refractivity contribution >= 4 is 28.8 Å². The average molecular weight is 330 g/mol. The van der Waals surface area contributed by atoms with Gasteiger partial charge in [-0.3, -0.25) is 9.59 Å². The van der Waals surface area contributed by atoms with Crippen molar-refractivity contribution in [1.82, 2.24) is 4.90 Å². The molecule has 0 aliphatic heterocycles. The third kappa shape index (κ3) is 5.21. The van der Waals surface area contributed by atoms with E-state index >= 15 is 0 Å². The summed E-state index contributed by atoms with van der Waals surface area (Å²) >= 11 is 1.63. The number of hydrogen-bond donors (Lipinski definition) is 1. The summed E-state index contributed by atoms with van der Waals surface area (Å²) in [5, 5.41) is 6.93. The Kier molecular flexibility index (Phi) is 6.35. The quantitative estimate of drug-likeness (QED) is 0.846. The number of nitrogens with one attached hydrogen (secondary N) is 1. The lowest BCUT2D eigenvalue weighted by atomic mass is 10.1. The second-order valence-electron chi connectivity index (χ2n) is 5.44. The number of carbonyl (C=O) groups is 2. The van der Waals surface area contributed by atoms with Gasteiger partial charge in [0.25, 0.3) is 0 Å². The standard InChI is InChI=1S/C18H22N2O2S/c1-3-15-6-4-5-7-16(15)19-17(21)12-20(2)18(22)9-8-14-10-11-23-13-14/h4-7,10-11,13H,3,8-9,12H2,1-2H3,(H,19,21). The van der Waals surface area contributed by atoms with E-state index in [1.165, 1.54) is 4.90 Å². The second kappa shape index (κ2) is 8.48. The number of nitrogens with zero attached hydrogens (tertiary/aromatic N) is 1. The molecule has 1 N–H and O–H groups in total. The number of para-hydroxylation sites is 1. The van der Waals surface area contributed by atoms with E-state index in [1.54, 1.807) is 18.4 Å². The number of anilines is 1. The fourth-order valence-corrected chi connectivity index (χ4v) is 3.02. The highest BCUT2D eigenvalue weighted by Crippen LogP contribution is 2.15. The molecule has 0 saturated carbocycles. The molecule has 0 saturated heterocycles. The van der Waals surface area contributed by atoms with Gasteiger partial charge in [-0.25, -0.2) is 0 Å². The topological polar surface area (TPSA) is 49.4 Å². The van der Waals surface area contributed by atoms with E-state index in [0.29, 0.717) is 12.8 Å². The summed E-state index contributed by atoms with van der Waals surface area (Å²) in [6.07, 6.45) is 1.99. The van der Waals surface area contributed by atoms with Crippen molar-refractivity contribution in [2.45, 2.75) is 26.2 Å². The summed E-state index contributed by atoms with van der Waals surface area (Å²) in [7, 11) is 1.67. The fraction of sp³-hybridized carbons (Fsp3) is 0.333. The zero-order valence-corrected chi connectivity index (χ0v) is 14.4. The SMILES string of the molecule is CCc1ccccc1NC(=O)CN(C)C(=O)CCc1ccsc1. The van der Waals surface area contributed by atoms with Gasteiger partial charge in [0.2, 0.25) is 11.8 Å². The van der Waals surface area contributed by atoms with Crippen LogP contribution in [-0.2, 0) is 22.4 Å². The summed E-state index contributed by atoms with van der Waals surface area (Å²) in [5.74, 6) is -0.188. The molecule has 23 heavy (non-hydrogen) atoms. The predicted molar refractivity (Wildman–Crippen MR) is 94.7 cm³/mol. The van der Waals surface area contributed by atoms with Crippen LogP contribution in [0.2, 0.25) is 0 Å². The number of aryl methyl sites for hydroxylation is 2. The number of likely N-dealkylation sites (N-methyl/N-ethyl adjacent to an activating group) is 1. The first kappa shape index (κ1) is 17.2. The zero-order chi connectivity index (χ0) is 16.7. The van der Waals surface area contributed by atoms with Crippen molar-refractivity contribution in [1.29, 1.82) is 0 Å². The lowest BCUT2D eigenvalue weighted by Gasteiger charge is -2.17. The molecule has 2 aromatic rings. The molecule has 0 atom stereocenters. The smallest absolute Gasteiger partial charge is 0.243 e. The minimum Gasteiger partial charge on any atom is -0.336 e. The number of rotatable bonds is 7. The normalized spacial score (nSPS) is 10.3. The second-order valence-corrected chi connectivity index (χ2v) is 6.22. The van der Waals surface area contributed by atoms with Gasteiger partial charge >= 0.3 is 0 Å². The van der Waals surface area contributed by atoms with Crippen molar-refractivity contribution < 1.29 is 9.59 Å². The highest BCUT2D eigenvalue weighted by atomic mass is 32.1. The number of hydrogen-bond acceptors (Lipinski definition) is 3. The molecule has 0 spiro atoms. The Morgan fingerprint density at radius 1 is 1.22 bits per heavy atom.